The predicted octanol–water partition coefficient (Wildman–Crippen LogP) is 3.57. The largest absolute Gasteiger partial charge is 0.393 e. The van der Waals surface area contributed by atoms with Crippen molar-refractivity contribution in [2.24, 2.45) is 40.4 Å². The Hall–Kier alpha value is -0.410. The normalized spacial score (nSPS) is 53.8. The number of ketones is 1. The first-order valence-corrected chi connectivity index (χ1v) is 10.2. The Bertz CT molecular complexity index is 517. The van der Waals surface area contributed by atoms with Crippen molar-refractivity contribution in [2.75, 3.05) is 6.61 Å². The second kappa shape index (κ2) is 5.81. The van der Waals surface area contributed by atoms with Crippen molar-refractivity contribution in [1.29, 1.82) is 0 Å². The van der Waals surface area contributed by atoms with Crippen molar-refractivity contribution < 1.29 is 15.0 Å². The number of aliphatic hydroxyl groups is 2. The Balaban J connectivity index is 1.67. The molecule has 136 valence electrons. The van der Waals surface area contributed by atoms with E-state index in [1.807, 2.05) is 0 Å². The maximum absolute atomic E-state index is 12.3. The predicted molar refractivity (Wildman–Crippen MR) is 93.3 cm³/mol. The Morgan fingerprint density at radius 3 is 2.58 bits per heavy atom. The van der Waals surface area contributed by atoms with E-state index in [4.69, 9.17) is 0 Å². The summed E-state index contributed by atoms with van der Waals surface area (Å²) in [7, 11) is 0. The van der Waals surface area contributed by atoms with E-state index in [1.54, 1.807) is 0 Å². The van der Waals surface area contributed by atoms with Crippen LogP contribution in [0.25, 0.3) is 0 Å². The lowest BCUT2D eigenvalue weighted by atomic mass is 9.44. The van der Waals surface area contributed by atoms with Gasteiger partial charge in [0.05, 0.1) is 6.10 Å². The highest BCUT2D eigenvalue weighted by Gasteiger charge is 2.63. The van der Waals surface area contributed by atoms with Crippen LogP contribution < -0.4 is 0 Å². The highest BCUT2D eigenvalue weighted by molar-refractivity contribution is 5.83. The quantitative estimate of drug-likeness (QED) is 0.812. The van der Waals surface area contributed by atoms with Crippen molar-refractivity contribution in [3.05, 3.63) is 0 Å². The molecule has 4 saturated carbocycles. The smallest absolute Gasteiger partial charge is 0.161 e. The van der Waals surface area contributed by atoms with E-state index >= 15 is 0 Å². The number of Topliss-reactive ketones (excluding diaryl/α,β-unsaturated/α-hetero) is 1. The number of hydrogen-bond acceptors (Lipinski definition) is 3. The number of rotatable bonds is 2. The average molecular weight is 335 g/mol. The van der Waals surface area contributed by atoms with E-state index in [-0.39, 0.29) is 29.8 Å². The molecule has 0 saturated heterocycles. The molecule has 4 rings (SSSR count). The Morgan fingerprint density at radius 1 is 1.04 bits per heavy atom. The van der Waals surface area contributed by atoms with Gasteiger partial charge in [-0.05, 0) is 79.4 Å². The molecular formula is C21H34O3. The van der Waals surface area contributed by atoms with Crippen molar-refractivity contribution in [1.82, 2.24) is 0 Å². The summed E-state index contributed by atoms with van der Waals surface area (Å²) in [4.78, 5) is 12.3. The van der Waals surface area contributed by atoms with Crippen LogP contribution in [0.1, 0.15) is 71.6 Å². The lowest BCUT2D eigenvalue weighted by Gasteiger charge is -2.62. The van der Waals surface area contributed by atoms with Gasteiger partial charge in [0.2, 0.25) is 0 Å². The maximum Gasteiger partial charge on any atom is 0.161 e. The van der Waals surface area contributed by atoms with Crippen LogP contribution in [0.5, 0.6) is 0 Å². The van der Waals surface area contributed by atoms with Gasteiger partial charge in [-0.2, -0.15) is 0 Å². The highest BCUT2D eigenvalue weighted by Crippen LogP contribution is 2.67. The van der Waals surface area contributed by atoms with Gasteiger partial charge in [0.25, 0.3) is 0 Å². The summed E-state index contributed by atoms with van der Waals surface area (Å²) in [6.07, 6.45) is 10.4. The Kier molecular flexibility index (Phi) is 4.12. The molecule has 0 amide bonds. The monoisotopic (exact) mass is 334 g/mol. The molecule has 0 heterocycles. The van der Waals surface area contributed by atoms with Gasteiger partial charge >= 0.3 is 0 Å². The van der Waals surface area contributed by atoms with Crippen LogP contribution >= 0.6 is 0 Å². The first-order chi connectivity index (χ1) is 11.4. The van der Waals surface area contributed by atoms with Gasteiger partial charge in [0, 0.05) is 5.92 Å². The second-order valence-electron chi connectivity index (χ2n) is 9.85. The van der Waals surface area contributed by atoms with Gasteiger partial charge in [0.1, 0.15) is 6.61 Å². The molecule has 3 nitrogen and oxygen atoms in total. The zero-order valence-corrected chi connectivity index (χ0v) is 15.3. The minimum Gasteiger partial charge on any atom is -0.393 e. The van der Waals surface area contributed by atoms with E-state index in [9.17, 15) is 15.0 Å². The van der Waals surface area contributed by atoms with Gasteiger partial charge in [0.15, 0.2) is 5.78 Å². The van der Waals surface area contributed by atoms with Gasteiger partial charge in [-0.1, -0.05) is 26.7 Å². The molecule has 4 fully saturated rings. The second-order valence-corrected chi connectivity index (χ2v) is 9.85. The molecule has 3 heteroatoms. The van der Waals surface area contributed by atoms with Gasteiger partial charge in [-0.25, -0.2) is 0 Å². The molecule has 0 aromatic heterocycles. The molecule has 8 atom stereocenters. The number of aliphatic hydroxyl groups excluding tert-OH is 2. The number of hydrogen-bond donors (Lipinski definition) is 2. The number of carbonyl (C=O) groups excluding carboxylic acids is 1. The summed E-state index contributed by atoms with van der Waals surface area (Å²) in [6, 6.07) is 0. The zero-order valence-electron chi connectivity index (χ0n) is 15.3. The molecule has 0 spiro atoms. The van der Waals surface area contributed by atoms with E-state index in [0.717, 1.165) is 25.2 Å². The van der Waals surface area contributed by atoms with E-state index in [0.29, 0.717) is 23.2 Å². The third-order valence-electron chi connectivity index (χ3n) is 9.06. The topological polar surface area (TPSA) is 57.5 Å². The first kappa shape index (κ1) is 17.0. The van der Waals surface area contributed by atoms with E-state index in [2.05, 4.69) is 13.8 Å². The fourth-order valence-electron chi connectivity index (χ4n) is 8.06. The summed E-state index contributed by atoms with van der Waals surface area (Å²) in [5.41, 5.74) is 0.208. The standard InChI is InChI=1S/C21H34O3/c1-20-10-4-3-5-13(20)6-7-14-15-8-9-16(18(24)12-22)21(15,2)11-17(23)19(14)20/h13-17,19,22-23H,3-12H2,1-2H3/t13?,14-,15?,16?,17?,19?,20?,21?/m0/s1. The molecule has 24 heavy (non-hydrogen) atoms. The Morgan fingerprint density at radius 2 is 1.83 bits per heavy atom. The van der Waals surface area contributed by atoms with Crippen LogP contribution in [-0.2, 0) is 4.79 Å². The molecule has 0 aliphatic heterocycles. The summed E-state index contributed by atoms with van der Waals surface area (Å²) >= 11 is 0. The number of fused-ring (bicyclic) bond motifs is 5. The zero-order chi connectivity index (χ0) is 17.1. The minimum atomic E-state index is -0.336. The maximum atomic E-state index is 12.3. The highest BCUT2D eigenvalue weighted by atomic mass is 16.3. The summed E-state index contributed by atoms with van der Waals surface area (Å²) < 4.78 is 0. The van der Waals surface area contributed by atoms with Crippen molar-refractivity contribution in [2.45, 2.75) is 77.7 Å². The van der Waals surface area contributed by atoms with Crippen LogP contribution in [0, 0.1) is 40.4 Å². The molecule has 0 aromatic carbocycles. The molecule has 2 N–H and O–H groups in total. The van der Waals surface area contributed by atoms with Crippen molar-refractivity contribution in [3.8, 4) is 0 Å². The van der Waals surface area contributed by atoms with Crippen LogP contribution in [-0.4, -0.2) is 28.7 Å². The third-order valence-corrected chi connectivity index (χ3v) is 9.06. The fourth-order valence-corrected chi connectivity index (χ4v) is 8.06. The summed E-state index contributed by atoms with van der Waals surface area (Å²) in [5, 5.41) is 20.6. The van der Waals surface area contributed by atoms with Crippen LogP contribution in [0.2, 0.25) is 0 Å². The van der Waals surface area contributed by atoms with Gasteiger partial charge < -0.3 is 10.2 Å². The van der Waals surface area contributed by atoms with Gasteiger partial charge in [-0.15, -0.1) is 0 Å². The van der Waals surface area contributed by atoms with E-state index < -0.39 is 0 Å². The molecule has 4 aliphatic carbocycles. The molecular weight excluding hydrogens is 300 g/mol. The molecule has 4 aliphatic rings. The molecule has 0 radical (unpaired) electrons. The lowest BCUT2D eigenvalue weighted by Crippen LogP contribution is -2.58. The van der Waals surface area contributed by atoms with Crippen LogP contribution in [0.15, 0.2) is 0 Å². The SMILES string of the molecule is CC12CC(O)C3[C@@H](CCC4CCCCC43C)C1CCC2C(=O)CO. The van der Waals surface area contributed by atoms with E-state index in [1.165, 1.54) is 38.5 Å². The molecule has 0 aromatic rings. The molecule has 0 bridgehead atoms. The fraction of sp³-hybridized carbons (Fsp3) is 0.952. The average Bonchev–Trinajstić information content (AvgIpc) is 2.89. The van der Waals surface area contributed by atoms with Gasteiger partial charge in [-0.3, -0.25) is 4.79 Å². The van der Waals surface area contributed by atoms with Crippen molar-refractivity contribution in [3.63, 3.8) is 0 Å². The number of carbonyl (C=O) groups is 1. The van der Waals surface area contributed by atoms with Crippen LogP contribution in [0.3, 0.4) is 0 Å². The van der Waals surface area contributed by atoms with Crippen LogP contribution in [0.4, 0.5) is 0 Å². The minimum absolute atomic E-state index is 0.00298. The molecule has 7 unspecified atom stereocenters. The first-order valence-electron chi connectivity index (χ1n) is 10.2. The third kappa shape index (κ3) is 2.19. The van der Waals surface area contributed by atoms with Crippen molar-refractivity contribution >= 4 is 5.78 Å². The summed E-state index contributed by atoms with van der Waals surface area (Å²) in [6.45, 7) is 4.36. The lowest BCUT2D eigenvalue weighted by molar-refractivity contribution is -0.171. The Labute approximate surface area is 146 Å². The summed E-state index contributed by atoms with van der Waals surface area (Å²) in [5.74, 6) is 2.32.